The molecule has 6 nitrogen and oxygen atoms in total. The zero-order valence-electron chi connectivity index (χ0n) is 21.2. The van der Waals surface area contributed by atoms with E-state index in [1.54, 1.807) is 0 Å². The number of aliphatic hydroxyl groups is 1. The summed E-state index contributed by atoms with van der Waals surface area (Å²) in [5, 5.41) is 27.4. The van der Waals surface area contributed by atoms with E-state index in [9.17, 15) is 5.11 Å². The van der Waals surface area contributed by atoms with Crippen LogP contribution >= 0.6 is 11.9 Å². The molecule has 0 atom stereocenters. The van der Waals surface area contributed by atoms with Crippen molar-refractivity contribution >= 4 is 33.9 Å². The van der Waals surface area contributed by atoms with Crippen molar-refractivity contribution in [2.75, 3.05) is 13.1 Å². The largest absolute Gasteiger partial charge is 0.385 e. The van der Waals surface area contributed by atoms with E-state index in [0.29, 0.717) is 0 Å². The number of aromatic nitrogens is 3. The van der Waals surface area contributed by atoms with Crippen molar-refractivity contribution in [2.45, 2.75) is 43.1 Å². The van der Waals surface area contributed by atoms with Gasteiger partial charge in [-0.1, -0.05) is 68.5 Å². The fourth-order valence-corrected chi connectivity index (χ4v) is 5.65. The SMILES string of the molecule is C=C/C(=C\C=C(/CCC)C1(O)CCNCC1)c1cnc2c(-c3ccc(SN)c4ccccc34)cnn2c1. The maximum Gasteiger partial charge on any atom is 0.162 e. The van der Waals surface area contributed by atoms with Crippen molar-refractivity contribution in [2.24, 2.45) is 5.14 Å². The minimum atomic E-state index is -0.746. The normalized spacial score (nSPS) is 16.4. The van der Waals surface area contributed by atoms with Gasteiger partial charge in [0.2, 0.25) is 0 Å². The van der Waals surface area contributed by atoms with Gasteiger partial charge in [-0.15, -0.1) is 0 Å². The van der Waals surface area contributed by atoms with E-state index in [1.807, 2.05) is 47.4 Å². The molecule has 37 heavy (non-hydrogen) atoms. The topological polar surface area (TPSA) is 88.5 Å². The van der Waals surface area contributed by atoms with Crippen molar-refractivity contribution in [3.8, 4) is 11.1 Å². The average Bonchev–Trinajstić information content (AvgIpc) is 3.35. The molecule has 1 saturated heterocycles. The van der Waals surface area contributed by atoms with Crippen LogP contribution in [-0.4, -0.2) is 38.4 Å². The van der Waals surface area contributed by atoms with Crippen molar-refractivity contribution in [1.29, 1.82) is 0 Å². The van der Waals surface area contributed by atoms with E-state index >= 15 is 0 Å². The van der Waals surface area contributed by atoms with Crippen LogP contribution in [0.15, 0.2) is 90.3 Å². The second-order valence-corrected chi connectivity index (χ2v) is 10.2. The van der Waals surface area contributed by atoms with Crippen LogP contribution in [0.5, 0.6) is 0 Å². The minimum absolute atomic E-state index is 0.735. The lowest BCUT2D eigenvalue weighted by Gasteiger charge is -2.35. The highest BCUT2D eigenvalue weighted by Crippen LogP contribution is 2.35. The van der Waals surface area contributed by atoms with Crippen LogP contribution in [0, 0.1) is 0 Å². The van der Waals surface area contributed by atoms with Gasteiger partial charge in [0.25, 0.3) is 0 Å². The molecule has 190 valence electrons. The highest BCUT2D eigenvalue weighted by atomic mass is 32.2. The van der Waals surface area contributed by atoms with Crippen LogP contribution in [0.2, 0.25) is 0 Å². The van der Waals surface area contributed by atoms with Gasteiger partial charge < -0.3 is 10.4 Å². The van der Waals surface area contributed by atoms with Gasteiger partial charge in [0, 0.05) is 28.4 Å². The smallest absolute Gasteiger partial charge is 0.162 e. The van der Waals surface area contributed by atoms with Gasteiger partial charge in [0.05, 0.1) is 11.8 Å². The first-order valence-corrected chi connectivity index (χ1v) is 13.7. The minimum Gasteiger partial charge on any atom is -0.385 e. The van der Waals surface area contributed by atoms with E-state index in [4.69, 9.17) is 10.1 Å². The van der Waals surface area contributed by atoms with Crippen molar-refractivity contribution in [3.63, 3.8) is 0 Å². The van der Waals surface area contributed by atoms with Gasteiger partial charge in [-0.2, -0.15) is 5.10 Å². The van der Waals surface area contributed by atoms with Gasteiger partial charge in [0.15, 0.2) is 5.65 Å². The summed E-state index contributed by atoms with van der Waals surface area (Å²) in [5.41, 5.74) is 5.02. The predicted octanol–water partition coefficient (Wildman–Crippen LogP) is 5.93. The molecular formula is C30H33N5OS. The summed E-state index contributed by atoms with van der Waals surface area (Å²) >= 11 is 1.26. The van der Waals surface area contributed by atoms with Crippen LogP contribution in [0.4, 0.5) is 0 Å². The van der Waals surface area contributed by atoms with Crippen LogP contribution in [-0.2, 0) is 0 Å². The molecule has 0 aliphatic carbocycles. The van der Waals surface area contributed by atoms with Crippen LogP contribution < -0.4 is 10.5 Å². The van der Waals surface area contributed by atoms with Crippen molar-refractivity contribution in [3.05, 3.63) is 90.9 Å². The molecule has 2 aromatic heterocycles. The third kappa shape index (κ3) is 5.00. The second-order valence-electron chi connectivity index (χ2n) is 9.49. The Labute approximate surface area is 222 Å². The van der Waals surface area contributed by atoms with Crippen molar-refractivity contribution < 1.29 is 5.11 Å². The Balaban J connectivity index is 1.52. The number of piperidine rings is 1. The molecule has 5 rings (SSSR count). The van der Waals surface area contributed by atoms with Gasteiger partial charge in [0.1, 0.15) is 0 Å². The van der Waals surface area contributed by atoms with Crippen molar-refractivity contribution in [1.82, 2.24) is 19.9 Å². The first-order valence-electron chi connectivity index (χ1n) is 12.8. The number of nitrogens with one attached hydrogen (secondary N) is 1. The molecule has 7 heteroatoms. The fourth-order valence-electron chi connectivity index (χ4n) is 5.20. The van der Waals surface area contributed by atoms with E-state index < -0.39 is 5.60 Å². The number of hydrogen-bond donors (Lipinski definition) is 3. The first-order chi connectivity index (χ1) is 18.1. The van der Waals surface area contributed by atoms with Gasteiger partial charge in [-0.05, 0) is 77.8 Å². The number of nitrogens with two attached hydrogens (primary N) is 1. The first kappa shape index (κ1) is 25.4. The highest BCUT2D eigenvalue weighted by molar-refractivity contribution is 7.97. The van der Waals surface area contributed by atoms with E-state index in [2.05, 4.69) is 54.3 Å². The second kappa shape index (κ2) is 11.0. The summed E-state index contributed by atoms with van der Waals surface area (Å²) in [5.74, 6) is 0. The third-order valence-electron chi connectivity index (χ3n) is 7.22. The van der Waals surface area contributed by atoms with E-state index in [-0.39, 0.29) is 0 Å². The molecular weight excluding hydrogens is 478 g/mol. The summed E-state index contributed by atoms with van der Waals surface area (Å²) in [6.07, 6.45) is 15.0. The Morgan fingerprint density at radius 2 is 1.92 bits per heavy atom. The Hall–Kier alpha value is -3.23. The Morgan fingerprint density at radius 1 is 1.14 bits per heavy atom. The van der Waals surface area contributed by atoms with E-state index in [1.165, 1.54) is 11.9 Å². The average molecular weight is 512 g/mol. The lowest BCUT2D eigenvalue weighted by Crippen LogP contribution is -2.43. The van der Waals surface area contributed by atoms with Gasteiger partial charge in [-0.25, -0.2) is 9.50 Å². The molecule has 3 heterocycles. The maximum atomic E-state index is 11.3. The third-order valence-corrected chi connectivity index (χ3v) is 7.83. The monoisotopic (exact) mass is 511 g/mol. The summed E-state index contributed by atoms with van der Waals surface area (Å²) in [6.45, 7) is 7.85. The molecule has 4 N–H and O–H groups in total. The molecule has 0 saturated carbocycles. The Bertz CT molecular complexity index is 1500. The number of hydrogen-bond acceptors (Lipinski definition) is 6. The molecule has 0 amide bonds. The Kier molecular flexibility index (Phi) is 7.58. The Morgan fingerprint density at radius 3 is 2.65 bits per heavy atom. The molecule has 0 radical (unpaired) electrons. The van der Waals surface area contributed by atoms with E-state index in [0.717, 1.165) is 87.9 Å². The molecule has 1 aliphatic rings. The molecule has 0 bridgehead atoms. The summed E-state index contributed by atoms with van der Waals surface area (Å²) < 4.78 is 1.82. The lowest BCUT2D eigenvalue weighted by molar-refractivity contribution is 0.0430. The molecule has 1 fully saturated rings. The molecule has 4 aromatic rings. The number of fused-ring (bicyclic) bond motifs is 2. The molecule has 0 spiro atoms. The molecule has 2 aromatic carbocycles. The standard InChI is InChI=1S/C30H33N5OS/c1-3-7-23(30(36)14-16-32-17-15-30)11-10-21(4-2)22-18-33-29-27(19-34-35(29)20-22)25-12-13-28(37-31)26-9-6-5-8-24(25)26/h4-6,8-13,18-20,32,36H,2-3,7,14-17,31H2,1H3/b21-10+,23-11+. The van der Waals surface area contributed by atoms with Crippen LogP contribution in [0.3, 0.4) is 0 Å². The lowest BCUT2D eigenvalue weighted by atomic mass is 9.82. The highest BCUT2D eigenvalue weighted by Gasteiger charge is 2.32. The quantitative estimate of drug-likeness (QED) is 0.201. The summed E-state index contributed by atoms with van der Waals surface area (Å²) in [4.78, 5) is 5.84. The van der Waals surface area contributed by atoms with Gasteiger partial charge in [-0.3, -0.25) is 5.14 Å². The number of benzene rings is 2. The number of nitrogens with zero attached hydrogens (tertiary/aromatic N) is 3. The number of allylic oxidation sites excluding steroid dienone is 4. The summed E-state index contributed by atoms with van der Waals surface area (Å²) in [6, 6.07) is 12.4. The van der Waals surface area contributed by atoms with Crippen LogP contribution in [0.25, 0.3) is 33.1 Å². The predicted molar refractivity (Wildman–Crippen MR) is 154 cm³/mol. The number of rotatable bonds is 8. The van der Waals surface area contributed by atoms with Crippen LogP contribution in [0.1, 0.15) is 38.2 Å². The summed E-state index contributed by atoms with van der Waals surface area (Å²) in [7, 11) is 0. The van der Waals surface area contributed by atoms with Gasteiger partial charge >= 0.3 is 0 Å². The zero-order valence-corrected chi connectivity index (χ0v) is 22.0. The maximum absolute atomic E-state index is 11.3. The fraction of sp³-hybridized carbons (Fsp3) is 0.267. The molecule has 1 aliphatic heterocycles. The molecule has 0 unspecified atom stereocenters. The zero-order chi connectivity index (χ0) is 25.8.